The highest BCUT2D eigenvalue weighted by molar-refractivity contribution is 5.36. The molecule has 2 heterocycles. The average molecular weight is 375 g/mol. The molecular weight excluding hydrogens is 351 g/mol. The third-order valence-corrected chi connectivity index (χ3v) is 6.07. The lowest BCUT2D eigenvalue weighted by Crippen LogP contribution is -2.49. The number of aryl methyl sites for hydroxylation is 1. The number of hydrogen-bond acceptors (Lipinski definition) is 2. The summed E-state index contributed by atoms with van der Waals surface area (Å²) in [6.07, 6.45) is -1.46. The van der Waals surface area contributed by atoms with Crippen LogP contribution in [0.1, 0.15) is 47.9 Å². The van der Waals surface area contributed by atoms with Gasteiger partial charge in [0.2, 0.25) is 0 Å². The maximum absolute atomic E-state index is 13.2. The SMILES string of the molecule is Cc1cc(C(F)(F)F)cc(C2(O)CC3CCC(C2)N3Cc2ccccc2)c1. The van der Waals surface area contributed by atoms with Crippen LogP contribution in [-0.2, 0) is 18.3 Å². The fraction of sp³-hybridized carbons (Fsp3) is 0.455. The van der Waals surface area contributed by atoms with Crippen molar-refractivity contribution in [2.45, 2.75) is 63.0 Å². The Labute approximate surface area is 157 Å². The van der Waals surface area contributed by atoms with Gasteiger partial charge in [-0.2, -0.15) is 13.2 Å². The Morgan fingerprint density at radius 2 is 1.67 bits per heavy atom. The summed E-state index contributed by atoms with van der Waals surface area (Å²) in [6, 6.07) is 14.6. The van der Waals surface area contributed by atoms with Gasteiger partial charge >= 0.3 is 6.18 Å². The van der Waals surface area contributed by atoms with Gasteiger partial charge in [-0.3, -0.25) is 4.90 Å². The summed E-state index contributed by atoms with van der Waals surface area (Å²) in [5, 5.41) is 11.3. The van der Waals surface area contributed by atoms with Crippen molar-refractivity contribution in [3.05, 3.63) is 70.8 Å². The number of piperidine rings is 1. The van der Waals surface area contributed by atoms with E-state index in [0.717, 1.165) is 31.5 Å². The van der Waals surface area contributed by atoms with Crippen LogP contribution in [0.15, 0.2) is 48.5 Å². The van der Waals surface area contributed by atoms with Crippen molar-refractivity contribution in [3.63, 3.8) is 0 Å². The molecule has 5 heteroatoms. The smallest absolute Gasteiger partial charge is 0.385 e. The third-order valence-electron chi connectivity index (χ3n) is 6.07. The van der Waals surface area contributed by atoms with Gasteiger partial charge in [-0.1, -0.05) is 42.0 Å². The van der Waals surface area contributed by atoms with Gasteiger partial charge in [-0.25, -0.2) is 0 Å². The van der Waals surface area contributed by atoms with Crippen molar-refractivity contribution in [3.8, 4) is 0 Å². The van der Waals surface area contributed by atoms with E-state index >= 15 is 0 Å². The summed E-state index contributed by atoms with van der Waals surface area (Å²) in [5.41, 5.74) is 0.309. The van der Waals surface area contributed by atoms with Gasteiger partial charge in [0.1, 0.15) is 0 Å². The molecule has 27 heavy (non-hydrogen) atoms. The second kappa shape index (κ2) is 6.64. The molecule has 1 N–H and O–H groups in total. The highest BCUT2D eigenvalue weighted by Crippen LogP contribution is 2.47. The lowest BCUT2D eigenvalue weighted by molar-refractivity contribution is -0.137. The molecule has 0 amide bonds. The van der Waals surface area contributed by atoms with Gasteiger partial charge < -0.3 is 5.11 Å². The predicted molar refractivity (Wildman–Crippen MR) is 98.1 cm³/mol. The molecule has 2 aromatic carbocycles. The standard InChI is InChI=1S/C22H24F3NO/c1-15-9-17(11-18(10-15)22(23,24)25)21(27)12-19-7-8-20(13-21)26(19)14-16-5-3-2-4-6-16/h2-6,9-11,19-20,27H,7-8,12-14H2,1H3. The van der Waals surface area contributed by atoms with Crippen LogP contribution in [0.25, 0.3) is 0 Å². The van der Waals surface area contributed by atoms with Crippen LogP contribution in [0.3, 0.4) is 0 Å². The van der Waals surface area contributed by atoms with E-state index in [4.69, 9.17) is 0 Å². The third kappa shape index (κ3) is 3.63. The molecule has 2 unspecified atom stereocenters. The number of aliphatic hydroxyl groups is 1. The Hall–Kier alpha value is -1.85. The van der Waals surface area contributed by atoms with E-state index in [1.165, 1.54) is 5.56 Å². The quantitative estimate of drug-likeness (QED) is 0.813. The first-order valence-electron chi connectivity index (χ1n) is 9.46. The van der Waals surface area contributed by atoms with Gasteiger partial charge in [0, 0.05) is 18.6 Å². The largest absolute Gasteiger partial charge is 0.416 e. The summed E-state index contributed by atoms with van der Waals surface area (Å²) < 4.78 is 39.7. The summed E-state index contributed by atoms with van der Waals surface area (Å²) in [6.45, 7) is 2.48. The van der Waals surface area contributed by atoms with Crippen LogP contribution in [0.2, 0.25) is 0 Å². The molecule has 2 atom stereocenters. The average Bonchev–Trinajstić information content (AvgIpc) is 2.85. The summed E-state index contributed by atoms with van der Waals surface area (Å²) in [5.74, 6) is 0. The van der Waals surface area contributed by atoms with E-state index < -0.39 is 17.3 Å². The summed E-state index contributed by atoms with van der Waals surface area (Å²) in [4.78, 5) is 2.42. The number of nitrogens with zero attached hydrogens (tertiary/aromatic N) is 1. The molecule has 0 aliphatic carbocycles. The molecule has 4 rings (SSSR count). The van der Waals surface area contributed by atoms with E-state index in [2.05, 4.69) is 17.0 Å². The Balaban J connectivity index is 1.59. The van der Waals surface area contributed by atoms with Crippen molar-refractivity contribution in [1.82, 2.24) is 4.90 Å². The molecular formula is C22H24F3NO. The van der Waals surface area contributed by atoms with Crippen molar-refractivity contribution in [2.75, 3.05) is 0 Å². The highest BCUT2D eigenvalue weighted by atomic mass is 19.4. The zero-order valence-corrected chi connectivity index (χ0v) is 15.3. The predicted octanol–water partition coefficient (Wildman–Crippen LogP) is 5.03. The van der Waals surface area contributed by atoms with Gasteiger partial charge in [-0.05, 0) is 55.9 Å². The molecule has 0 saturated carbocycles. The van der Waals surface area contributed by atoms with Gasteiger partial charge in [0.05, 0.1) is 11.2 Å². The molecule has 2 aliphatic heterocycles. The number of hydrogen-bond donors (Lipinski definition) is 1. The summed E-state index contributed by atoms with van der Waals surface area (Å²) >= 11 is 0. The minimum absolute atomic E-state index is 0.198. The first-order chi connectivity index (χ1) is 12.7. The fourth-order valence-electron chi connectivity index (χ4n) is 4.82. The lowest BCUT2D eigenvalue weighted by atomic mass is 9.79. The van der Waals surface area contributed by atoms with E-state index in [-0.39, 0.29) is 12.1 Å². The molecule has 2 fully saturated rings. The molecule has 2 saturated heterocycles. The molecule has 2 nitrogen and oxygen atoms in total. The number of alkyl halides is 3. The van der Waals surface area contributed by atoms with Crippen LogP contribution in [0.4, 0.5) is 13.2 Å². The van der Waals surface area contributed by atoms with Crippen molar-refractivity contribution in [1.29, 1.82) is 0 Å². The van der Waals surface area contributed by atoms with E-state index in [9.17, 15) is 18.3 Å². The molecule has 2 aliphatic rings. The Morgan fingerprint density at radius 1 is 1.04 bits per heavy atom. The lowest BCUT2D eigenvalue weighted by Gasteiger charge is -2.44. The monoisotopic (exact) mass is 375 g/mol. The molecule has 0 spiro atoms. The molecule has 2 aromatic rings. The Morgan fingerprint density at radius 3 is 2.26 bits per heavy atom. The normalized spacial score (nSPS) is 28.5. The number of halogens is 3. The molecule has 144 valence electrons. The van der Waals surface area contributed by atoms with Gasteiger partial charge in [0.15, 0.2) is 0 Å². The zero-order chi connectivity index (χ0) is 19.2. The topological polar surface area (TPSA) is 23.5 Å². The van der Waals surface area contributed by atoms with E-state index in [1.54, 1.807) is 13.0 Å². The van der Waals surface area contributed by atoms with E-state index in [0.29, 0.717) is 24.0 Å². The molecule has 2 bridgehead atoms. The summed E-state index contributed by atoms with van der Waals surface area (Å²) in [7, 11) is 0. The van der Waals surface area contributed by atoms with Crippen LogP contribution >= 0.6 is 0 Å². The fourth-order valence-corrected chi connectivity index (χ4v) is 4.82. The van der Waals surface area contributed by atoms with Crippen LogP contribution in [0, 0.1) is 6.92 Å². The van der Waals surface area contributed by atoms with Gasteiger partial charge in [-0.15, -0.1) is 0 Å². The number of fused-ring (bicyclic) bond motifs is 2. The second-order valence-electron chi connectivity index (χ2n) is 8.07. The van der Waals surface area contributed by atoms with Crippen molar-refractivity contribution >= 4 is 0 Å². The first-order valence-corrected chi connectivity index (χ1v) is 9.46. The minimum atomic E-state index is -4.40. The minimum Gasteiger partial charge on any atom is -0.385 e. The van der Waals surface area contributed by atoms with Crippen LogP contribution < -0.4 is 0 Å². The second-order valence-corrected chi connectivity index (χ2v) is 8.07. The Bertz CT molecular complexity index is 804. The first kappa shape index (κ1) is 18.5. The molecule has 0 aromatic heterocycles. The van der Waals surface area contributed by atoms with E-state index in [1.807, 2.05) is 18.2 Å². The van der Waals surface area contributed by atoms with Crippen molar-refractivity contribution < 1.29 is 18.3 Å². The Kier molecular flexibility index (Phi) is 4.55. The van der Waals surface area contributed by atoms with Crippen LogP contribution in [-0.4, -0.2) is 22.1 Å². The number of benzene rings is 2. The van der Waals surface area contributed by atoms with Crippen molar-refractivity contribution in [2.24, 2.45) is 0 Å². The maximum atomic E-state index is 13.2. The highest BCUT2D eigenvalue weighted by Gasteiger charge is 2.48. The van der Waals surface area contributed by atoms with Gasteiger partial charge in [0.25, 0.3) is 0 Å². The number of rotatable bonds is 3. The van der Waals surface area contributed by atoms with Crippen LogP contribution in [0.5, 0.6) is 0 Å². The molecule has 0 radical (unpaired) electrons. The zero-order valence-electron chi connectivity index (χ0n) is 15.3. The maximum Gasteiger partial charge on any atom is 0.416 e.